The molecule has 0 saturated heterocycles. The molecular formula is C42H119N7O6S. The first-order valence-electron chi connectivity index (χ1n) is 21.3. The van der Waals surface area contributed by atoms with Gasteiger partial charge in [-0.3, -0.25) is 9.59 Å². The summed E-state index contributed by atoms with van der Waals surface area (Å²) < 4.78 is 26.4. The third-order valence-electron chi connectivity index (χ3n) is 2.41. The van der Waals surface area contributed by atoms with Crippen LogP contribution in [0.1, 0.15) is 187 Å². The van der Waals surface area contributed by atoms with E-state index in [-0.39, 0.29) is 17.8 Å². The van der Waals surface area contributed by atoms with E-state index < -0.39 is 10.0 Å². The molecule has 0 heterocycles. The highest BCUT2D eigenvalue weighted by atomic mass is 32.2. The molecular weight excluding hydrogens is 731 g/mol. The second-order valence-electron chi connectivity index (χ2n) is 5.00. The fourth-order valence-corrected chi connectivity index (χ4v) is 0.227. The molecule has 0 aliphatic heterocycles. The summed E-state index contributed by atoms with van der Waals surface area (Å²) in [5.41, 5.74) is 0. The molecule has 364 valence electrons. The zero-order valence-electron chi connectivity index (χ0n) is 45.8. The Bertz CT molecular complexity index is 514. The zero-order chi connectivity index (χ0) is 51.2. The van der Waals surface area contributed by atoms with E-state index in [9.17, 15) is 22.8 Å². The van der Waals surface area contributed by atoms with Crippen LogP contribution >= 0.6 is 0 Å². The van der Waals surface area contributed by atoms with E-state index in [1.54, 1.807) is 42.3 Å². The number of methoxy groups -OCH3 is 1. The Kier molecular flexibility index (Phi) is 486. The van der Waals surface area contributed by atoms with E-state index in [0.717, 1.165) is 12.8 Å². The lowest BCUT2D eigenvalue weighted by molar-refractivity contribution is -0.119. The Labute approximate surface area is 359 Å². The molecule has 0 radical (unpaired) electrons. The van der Waals surface area contributed by atoms with E-state index in [2.05, 4.69) is 54.9 Å². The van der Waals surface area contributed by atoms with Crippen molar-refractivity contribution in [1.29, 1.82) is 0 Å². The average Bonchev–Trinajstić information content (AvgIpc) is 3.31. The molecule has 7 N–H and O–H groups in total. The maximum Gasteiger partial charge on any atom is 0.314 e. The topological polar surface area (TPSA) is 179 Å². The highest BCUT2D eigenvalue weighted by Gasteiger charge is 1.88. The number of carbonyl (C=O) groups excluding carboxylic acids is 3. The average molecular weight is 851 g/mol. The molecule has 56 heavy (non-hydrogen) atoms. The highest BCUT2D eigenvalue weighted by Crippen LogP contribution is 1.75. The summed E-state index contributed by atoms with van der Waals surface area (Å²) >= 11 is 0. The Morgan fingerprint density at radius 1 is 0.464 bits per heavy atom. The number of carbonyl (C=O) groups is 3. The van der Waals surface area contributed by atoms with Gasteiger partial charge in [-0.05, 0) is 27.2 Å². The van der Waals surface area contributed by atoms with Crippen molar-refractivity contribution in [2.75, 3.05) is 69.2 Å². The summed E-state index contributed by atoms with van der Waals surface area (Å²) in [7, 11) is 10.0. The van der Waals surface area contributed by atoms with Gasteiger partial charge in [0.1, 0.15) is 0 Å². The Hall–Kier alpha value is -2.58. The predicted octanol–water partition coefficient (Wildman–Crippen LogP) is 11.1. The maximum absolute atomic E-state index is 9.96. The normalized spacial score (nSPS) is 5.79. The minimum atomic E-state index is -2.91. The lowest BCUT2D eigenvalue weighted by Gasteiger charge is -1.97. The lowest BCUT2D eigenvalue weighted by Crippen LogP contribution is -2.28. The van der Waals surface area contributed by atoms with Crippen molar-refractivity contribution < 1.29 is 27.5 Å². The molecule has 0 aliphatic carbocycles. The van der Waals surface area contributed by atoms with E-state index in [1.165, 1.54) is 20.9 Å². The summed E-state index contributed by atoms with van der Waals surface area (Å²) in [6.45, 7) is 57.5. The number of hydrogen-bond acceptors (Lipinski definition) is 8. The Morgan fingerprint density at radius 2 is 0.607 bits per heavy atom. The van der Waals surface area contributed by atoms with Gasteiger partial charge >= 0.3 is 6.03 Å². The smallest absolute Gasteiger partial charge is 0.314 e. The van der Waals surface area contributed by atoms with Gasteiger partial charge in [0.05, 0.1) is 13.4 Å². The van der Waals surface area contributed by atoms with Crippen molar-refractivity contribution in [2.24, 2.45) is 0 Å². The fraction of sp³-hybridized carbons (Fsp3) is 0.881. The van der Waals surface area contributed by atoms with Crippen molar-refractivity contribution in [3.63, 3.8) is 0 Å². The van der Waals surface area contributed by atoms with Gasteiger partial charge in [-0.2, -0.15) is 0 Å². The van der Waals surface area contributed by atoms with Crippen LogP contribution in [0.3, 0.4) is 0 Å². The second kappa shape index (κ2) is 232. The van der Waals surface area contributed by atoms with Crippen molar-refractivity contribution in [1.82, 2.24) is 36.6 Å². The molecule has 0 spiro atoms. The van der Waals surface area contributed by atoms with Crippen LogP contribution < -0.4 is 36.6 Å². The van der Waals surface area contributed by atoms with Crippen molar-refractivity contribution in [3.8, 4) is 0 Å². The third kappa shape index (κ3) is 726. The number of ether oxygens (including phenoxy) is 1. The molecule has 0 atom stereocenters. The van der Waals surface area contributed by atoms with Crippen LogP contribution in [0.2, 0.25) is 0 Å². The molecule has 4 amide bonds. The van der Waals surface area contributed by atoms with E-state index in [1.807, 2.05) is 173 Å². The van der Waals surface area contributed by atoms with Gasteiger partial charge in [0.15, 0.2) is 5.88 Å². The van der Waals surface area contributed by atoms with Gasteiger partial charge in [-0.25, -0.2) is 17.9 Å². The van der Waals surface area contributed by atoms with Crippen LogP contribution in [-0.4, -0.2) is 95.5 Å². The third-order valence-corrected chi connectivity index (χ3v) is 3.15. The van der Waals surface area contributed by atoms with Crippen LogP contribution in [0, 0.1) is 0 Å². The molecule has 0 aliphatic rings. The van der Waals surface area contributed by atoms with Crippen molar-refractivity contribution in [3.05, 3.63) is 12.5 Å². The number of hydrogen-bond donors (Lipinski definition) is 7. The first kappa shape index (κ1) is 117. The molecule has 0 aromatic heterocycles. The molecule has 13 nitrogen and oxygen atoms in total. The number of sulfonamides is 1. The fourth-order valence-electron chi connectivity index (χ4n) is 0.227. The molecule has 0 aromatic carbocycles. The van der Waals surface area contributed by atoms with Crippen molar-refractivity contribution in [2.45, 2.75) is 187 Å². The Balaban J connectivity index is -0.0000000175. The standard InChI is InChI=1S/C4H9NO.C3H8N2O.2C3H7NO.C3H9N.C2H7NO2S.12C2H6/c1-4(5-2)6-3;1-4-3(6)5-2;2*1-3(5)4-2;1-3-4-2;1-3-6(2,4)5;12*1-2/h5H,1H2,2-3H3;1-2H3,(H2,4,5,6);2*1-2H3,(H,4,5);4H,3H2,1-2H3;3H,1-2H3;12*1-2H3. The molecule has 14 heteroatoms. The van der Waals surface area contributed by atoms with Crippen molar-refractivity contribution >= 4 is 27.9 Å². The quantitative estimate of drug-likeness (QED) is 0.137. The molecule has 0 bridgehead atoms. The second-order valence-corrected chi connectivity index (χ2v) is 6.95. The first-order chi connectivity index (χ1) is 26.6. The van der Waals surface area contributed by atoms with Crippen LogP contribution in [0.25, 0.3) is 0 Å². The van der Waals surface area contributed by atoms with Gasteiger partial charge in [0, 0.05) is 49.1 Å². The monoisotopic (exact) mass is 850 g/mol. The van der Waals surface area contributed by atoms with E-state index >= 15 is 0 Å². The summed E-state index contributed by atoms with van der Waals surface area (Å²) in [6.07, 6.45) is 1.10. The lowest BCUT2D eigenvalue weighted by atomic mass is 10.7. The number of nitrogens with one attached hydrogen (secondary N) is 7. The highest BCUT2D eigenvalue weighted by molar-refractivity contribution is 7.88. The van der Waals surface area contributed by atoms with Gasteiger partial charge in [-0.1, -0.05) is 173 Å². The van der Waals surface area contributed by atoms with Gasteiger partial charge in [-0.15, -0.1) is 0 Å². The summed E-state index contributed by atoms with van der Waals surface area (Å²) in [5.74, 6) is 0.602. The first-order valence-corrected chi connectivity index (χ1v) is 23.2. The predicted molar refractivity (Wildman–Crippen MR) is 268 cm³/mol. The van der Waals surface area contributed by atoms with Gasteiger partial charge in [0.25, 0.3) is 0 Å². The molecule has 0 rings (SSSR count). The SMILES string of the molecule is C=C(NC)OC.CC.CC.CC.CC.CC.CC.CC.CC.CC.CC.CC.CC.CCNC.CNC(=O)NC.CNC(C)=O.CNC(C)=O.CNS(C)(=O)=O. The van der Waals surface area contributed by atoms with Crippen LogP contribution in [0.15, 0.2) is 12.5 Å². The number of rotatable bonds is 4. The minimum Gasteiger partial charge on any atom is -0.483 e. The van der Waals surface area contributed by atoms with E-state index in [4.69, 9.17) is 0 Å². The van der Waals surface area contributed by atoms with E-state index in [0.29, 0.717) is 5.88 Å². The number of amides is 4. The Morgan fingerprint density at radius 3 is 0.607 bits per heavy atom. The zero-order valence-corrected chi connectivity index (χ0v) is 46.6. The molecule has 0 saturated carbocycles. The van der Waals surface area contributed by atoms with Gasteiger partial charge < -0.3 is 36.6 Å². The summed E-state index contributed by atoms with van der Waals surface area (Å²) in [4.78, 5) is 29.4. The van der Waals surface area contributed by atoms with Crippen LogP contribution in [-0.2, 0) is 24.3 Å². The van der Waals surface area contributed by atoms with Crippen LogP contribution in [0.4, 0.5) is 4.79 Å². The minimum absolute atomic E-state index is 0.00463. The maximum atomic E-state index is 9.96. The number of urea groups is 1. The largest absolute Gasteiger partial charge is 0.483 e. The van der Waals surface area contributed by atoms with Crippen LogP contribution in [0.5, 0.6) is 0 Å². The summed E-state index contributed by atoms with van der Waals surface area (Å²) in [6, 6.07) is -0.157. The summed E-state index contributed by atoms with van der Waals surface area (Å²) in [5, 5.41) is 15.1. The van der Waals surface area contributed by atoms with Gasteiger partial charge in [0.2, 0.25) is 21.8 Å². The molecule has 0 aromatic rings. The molecule has 0 unspecified atom stereocenters. The molecule has 0 fully saturated rings.